The summed E-state index contributed by atoms with van der Waals surface area (Å²) < 4.78 is 33.1. The summed E-state index contributed by atoms with van der Waals surface area (Å²) in [7, 11) is -3.64. The Morgan fingerprint density at radius 1 is 1.24 bits per heavy atom. The first kappa shape index (κ1) is 18.4. The van der Waals surface area contributed by atoms with Gasteiger partial charge < -0.3 is 4.74 Å². The Morgan fingerprint density at radius 2 is 1.96 bits per heavy atom. The summed E-state index contributed by atoms with van der Waals surface area (Å²) in [5, 5.41) is 0.845. The van der Waals surface area contributed by atoms with Crippen LogP contribution < -0.4 is 4.74 Å². The van der Waals surface area contributed by atoms with Crippen molar-refractivity contribution in [3.8, 4) is 6.01 Å². The molecule has 25 heavy (non-hydrogen) atoms. The molecule has 0 saturated carbocycles. The summed E-state index contributed by atoms with van der Waals surface area (Å²) in [5.74, 6) is 0. The minimum absolute atomic E-state index is 0.188. The third-order valence-corrected chi connectivity index (χ3v) is 6.66. The van der Waals surface area contributed by atoms with Crippen LogP contribution in [-0.2, 0) is 10.0 Å². The van der Waals surface area contributed by atoms with E-state index < -0.39 is 10.0 Å². The Morgan fingerprint density at radius 3 is 2.68 bits per heavy atom. The number of nitrogens with zero attached hydrogens (tertiary/aromatic N) is 3. The molecule has 6 nitrogen and oxygen atoms in total. The molecule has 1 aliphatic rings. The molecule has 1 atom stereocenters. The first-order valence-corrected chi connectivity index (χ1v) is 9.97. The zero-order valence-corrected chi connectivity index (χ0v) is 15.9. The molecular formula is C16H17Cl2N3O3S. The largest absolute Gasteiger partial charge is 0.459 e. The monoisotopic (exact) mass is 401 g/mol. The van der Waals surface area contributed by atoms with Gasteiger partial charge in [0.2, 0.25) is 10.0 Å². The van der Waals surface area contributed by atoms with Gasteiger partial charge in [-0.1, -0.05) is 29.3 Å². The molecule has 134 valence electrons. The normalized spacial score (nSPS) is 18.9. The van der Waals surface area contributed by atoms with Crippen LogP contribution in [0.5, 0.6) is 6.01 Å². The molecule has 0 bridgehead atoms. The lowest BCUT2D eigenvalue weighted by atomic mass is 10.1. The van der Waals surface area contributed by atoms with Crippen molar-refractivity contribution >= 4 is 33.2 Å². The lowest BCUT2D eigenvalue weighted by molar-refractivity contribution is 0.119. The fourth-order valence-electron chi connectivity index (χ4n) is 2.74. The van der Waals surface area contributed by atoms with Crippen LogP contribution in [0.3, 0.4) is 0 Å². The third kappa shape index (κ3) is 4.06. The van der Waals surface area contributed by atoms with E-state index in [4.69, 9.17) is 27.9 Å². The molecule has 3 rings (SSSR count). The summed E-state index contributed by atoms with van der Waals surface area (Å²) >= 11 is 11.8. The van der Waals surface area contributed by atoms with Crippen molar-refractivity contribution < 1.29 is 13.2 Å². The molecule has 0 amide bonds. The molecule has 1 unspecified atom stereocenters. The van der Waals surface area contributed by atoms with Crippen molar-refractivity contribution in [3.05, 3.63) is 46.2 Å². The van der Waals surface area contributed by atoms with Crippen molar-refractivity contribution in [2.45, 2.75) is 30.8 Å². The van der Waals surface area contributed by atoms with Gasteiger partial charge in [0.25, 0.3) is 0 Å². The number of ether oxygens (including phenoxy) is 1. The van der Waals surface area contributed by atoms with Crippen molar-refractivity contribution in [1.82, 2.24) is 14.3 Å². The second kappa shape index (κ2) is 7.45. The Hall–Kier alpha value is -1.41. The highest BCUT2D eigenvalue weighted by Gasteiger charge is 2.32. The first-order chi connectivity index (χ1) is 11.9. The number of sulfonamides is 1. The molecule has 0 radical (unpaired) electrons. The second-order valence-corrected chi connectivity index (χ2v) is 8.54. The topological polar surface area (TPSA) is 72.4 Å². The SMILES string of the molecule is Cc1c(Cl)cccc1S(=O)(=O)N1CCCC(Oc2ncc(Cl)cn2)C1. The van der Waals surface area contributed by atoms with Crippen LogP contribution in [-0.4, -0.2) is 41.9 Å². The highest BCUT2D eigenvalue weighted by Crippen LogP contribution is 2.28. The lowest BCUT2D eigenvalue weighted by Gasteiger charge is -2.31. The maximum absolute atomic E-state index is 13.0. The van der Waals surface area contributed by atoms with Gasteiger partial charge in [-0.05, 0) is 37.5 Å². The number of hydrogen-bond acceptors (Lipinski definition) is 5. The summed E-state index contributed by atoms with van der Waals surface area (Å²) in [6.45, 7) is 2.38. The zero-order valence-electron chi connectivity index (χ0n) is 13.5. The van der Waals surface area contributed by atoms with Crippen molar-refractivity contribution in [1.29, 1.82) is 0 Å². The van der Waals surface area contributed by atoms with Crippen LogP contribution in [0.25, 0.3) is 0 Å². The average molecular weight is 402 g/mol. The smallest absolute Gasteiger partial charge is 0.316 e. The van der Waals surface area contributed by atoms with Crippen LogP contribution in [0.15, 0.2) is 35.5 Å². The van der Waals surface area contributed by atoms with Gasteiger partial charge in [0.05, 0.1) is 28.9 Å². The average Bonchev–Trinajstić information content (AvgIpc) is 2.59. The van der Waals surface area contributed by atoms with Crippen LogP contribution in [0.1, 0.15) is 18.4 Å². The molecule has 2 heterocycles. The van der Waals surface area contributed by atoms with E-state index in [2.05, 4.69) is 9.97 Å². The molecule has 1 saturated heterocycles. The highest BCUT2D eigenvalue weighted by atomic mass is 35.5. The van der Waals surface area contributed by atoms with E-state index in [1.807, 2.05) is 0 Å². The Labute approximate surface area is 156 Å². The summed E-state index contributed by atoms with van der Waals surface area (Å²) in [5.41, 5.74) is 0.549. The van der Waals surface area contributed by atoms with E-state index in [1.54, 1.807) is 25.1 Å². The van der Waals surface area contributed by atoms with Gasteiger partial charge in [-0.25, -0.2) is 18.4 Å². The van der Waals surface area contributed by atoms with E-state index in [1.165, 1.54) is 16.7 Å². The van der Waals surface area contributed by atoms with Crippen LogP contribution in [0, 0.1) is 6.92 Å². The van der Waals surface area contributed by atoms with Crippen LogP contribution in [0.2, 0.25) is 10.0 Å². The number of rotatable bonds is 4. The summed E-state index contributed by atoms with van der Waals surface area (Å²) in [4.78, 5) is 8.21. The van der Waals surface area contributed by atoms with Gasteiger partial charge in [-0.2, -0.15) is 4.31 Å². The molecule has 2 aromatic rings. The van der Waals surface area contributed by atoms with Gasteiger partial charge in [-0.3, -0.25) is 0 Å². The van der Waals surface area contributed by atoms with Gasteiger partial charge in [-0.15, -0.1) is 0 Å². The number of piperidine rings is 1. The Balaban J connectivity index is 1.78. The van der Waals surface area contributed by atoms with Gasteiger partial charge >= 0.3 is 6.01 Å². The van der Waals surface area contributed by atoms with E-state index in [0.29, 0.717) is 28.6 Å². The standard InChI is InChI=1S/C16H17Cl2N3O3S/c1-11-14(18)5-2-6-15(11)25(22,23)21-7-3-4-13(10-21)24-16-19-8-12(17)9-20-16/h2,5-6,8-9,13H,3-4,7,10H2,1H3. The highest BCUT2D eigenvalue weighted by molar-refractivity contribution is 7.89. The molecular weight excluding hydrogens is 385 g/mol. The molecule has 0 aliphatic carbocycles. The number of aromatic nitrogens is 2. The van der Waals surface area contributed by atoms with Gasteiger partial charge in [0, 0.05) is 11.6 Å². The van der Waals surface area contributed by atoms with Crippen molar-refractivity contribution in [3.63, 3.8) is 0 Å². The Bertz CT molecular complexity index is 859. The quantitative estimate of drug-likeness (QED) is 0.785. The van der Waals surface area contributed by atoms with E-state index >= 15 is 0 Å². The molecule has 0 N–H and O–H groups in total. The maximum Gasteiger partial charge on any atom is 0.316 e. The van der Waals surface area contributed by atoms with Crippen LogP contribution >= 0.6 is 23.2 Å². The third-order valence-electron chi connectivity index (χ3n) is 4.05. The molecule has 1 aliphatic heterocycles. The molecule has 1 aromatic heterocycles. The first-order valence-electron chi connectivity index (χ1n) is 7.77. The molecule has 9 heteroatoms. The maximum atomic E-state index is 13.0. The second-order valence-electron chi connectivity index (χ2n) is 5.79. The minimum atomic E-state index is -3.64. The predicted molar refractivity (Wildman–Crippen MR) is 95.6 cm³/mol. The van der Waals surface area contributed by atoms with E-state index in [0.717, 1.165) is 6.42 Å². The Kier molecular flexibility index (Phi) is 5.48. The number of hydrogen-bond donors (Lipinski definition) is 0. The van der Waals surface area contributed by atoms with Crippen LogP contribution in [0.4, 0.5) is 0 Å². The van der Waals surface area contributed by atoms with E-state index in [-0.39, 0.29) is 23.6 Å². The fraction of sp³-hybridized carbons (Fsp3) is 0.375. The number of halogens is 2. The van der Waals surface area contributed by atoms with Crippen molar-refractivity contribution in [2.24, 2.45) is 0 Å². The molecule has 1 fully saturated rings. The van der Waals surface area contributed by atoms with Gasteiger partial charge in [0.1, 0.15) is 6.10 Å². The lowest BCUT2D eigenvalue weighted by Crippen LogP contribution is -2.44. The summed E-state index contributed by atoms with van der Waals surface area (Å²) in [6.07, 6.45) is 3.99. The van der Waals surface area contributed by atoms with E-state index in [9.17, 15) is 8.42 Å². The molecule has 1 aromatic carbocycles. The molecule has 0 spiro atoms. The predicted octanol–water partition coefficient (Wildman–Crippen LogP) is 3.32. The fourth-order valence-corrected chi connectivity index (χ4v) is 4.82. The minimum Gasteiger partial charge on any atom is -0.459 e. The zero-order chi connectivity index (χ0) is 18.0. The van der Waals surface area contributed by atoms with Gasteiger partial charge in [0.15, 0.2) is 0 Å². The number of benzene rings is 1. The van der Waals surface area contributed by atoms with Crippen molar-refractivity contribution in [2.75, 3.05) is 13.1 Å². The summed E-state index contributed by atoms with van der Waals surface area (Å²) in [6, 6.07) is 5.08.